The average Bonchev–Trinajstić information content (AvgIpc) is 3.23. The van der Waals surface area contributed by atoms with E-state index in [2.05, 4.69) is 20.8 Å². The number of nitrogens with one attached hydrogen (secondary N) is 3. The molecule has 0 aliphatic carbocycles. The van der Waals surface area contributed by atoms with Gasteiger partial charge >= 0.3 is 0 Å². The van der Waals surface area contributed by atoms with Gasteiger partial charge in [0, 0.05) is 12.4 Å². The Morgan fingerprint density at radius 1 is 1.05 bits per heavy atom. The molecule has 0 fully saturated rings. The van der Waals surface area contributed by atoms with Crippen LogP contribution in [0.4, 0.5) is 5.82 Å². The van der Waals surface area contributed by atoms with Crippen LogP contribution in [0.25, 0.3) is 16.6 Å². The summed E-state index contributed by atoms with van der Waals surface area (Å²) in [5.74, 6) is 0.355. The first-order valence-corrected chi connectivity index (χ1v) is 6.88. The maximum Gasteiger partial charge on any atom is 0.286 e. The number of benzene rings is 1. The second-order valence-corrected chi connectivity index (χ2v) is 4.88. The number of carbonyl (C=O) groups excluding carboxylic acids is 1. The highest BCUT2D eigenvalue weighted by atomic mass is 16.2. The standard InChI is InChI=1S/C16H13N5O/c22-16(12-6-3-9-17-12)20-19-15-14-8-4-10-21(14)13-7-2-1-5-11(13)18-15/h1-10,17H,(H,18,19)(H,20,22). The molecule has 0 spiro atoms. The van der Waals surface area contributed by atoms with Crippen LogP contribution in [0.3, 0.4) is 0 Å². The van der Waals surface area contributed by atoms with Crippen LogP contribution in [0.5, 0.6) is 0 Å². The predicted octanol–water partition coefficient (Wildman–Crippen LogP) is 2.57. The molecule has 0 bridgehead atoms. The molecule has 0 saturated heterocycles. The van der Waals surface area contributed by atoms with Gasteiger partial charge in [-0.3, -0.25) is 15.6 Å². The van der Waals surface area contributed by atoms with Crippen molar-refractivity contribution < 1.29 is 4.79 Å². The van der Waals surface area contributed by atoms with Crippen LogP contribution < -0.4 is 10.9 Å². The highest BCUT2D eigenvalue weighted by molar-refractivity contribution is 5.94. The molecule has 0 aliphatic rings. The van der Waals surface area contributed by atoms with E-state index in [1.165, 1.54) is 0 Å². The summed E-state index contributed by atoms with van der Waals surface area (Å²) in [7, 11) is 0. The molecule has 3 aromatic heterocycles. The Labute approximate surface area is 125 Å². The van der Waals surface area contributed by atoms with E-state index in [1.54, 1.807) is 18.3 Å². The molecule has 0 aliphatic heterocycles. The van der Waals surface area contributed by atoms with Crippen molar-refractivity contribution in [2.24, 2.45) is 0 Å². The van der Waals surface area contributed by atoms with Crippen molar-refractivity contribution in [3.8, 4) is 0 Å². The Kier molecular flexibility index (Phi) is 2.79. The maximum absolute atomic E-state index is 12.0. The summed E-state index contributed by atoms with van der Waals surface area (Å²) in [4.78, 5) is 19.4. The molecule has 6 heteroatoms. The predicted molar refractivity (Wildman–Crippen MR) is 84.6 cm³/mol. The fraction of sp³-hybridized carbons (Fsp3) is 0. The number of para-hydroxylation sites is 2. The molecule has 4 aromatic rings. The number of carbonyl (C=O) groups is 1. The van der Waals surface area contributed by atoms with Gasteiger partial charge in [0.2, 0.25) is 0 Å². The zero-order valence-corrected chi connectivity index (χ0v) is 11.6. The molecule has 1 aromatic carbocycles. The minimum Gasteiger partial charge on any atom is -0.357 e. The van der Waals surface area contributed by atoms with Crippen LogP contribution in [-0.2, 0) is 0 Å². The normalized spacial score (nSPS) is 10.9. The van der Waals surface area contributed by atoms with E-state index < -0.39 is 0 Å². The fourth-order valence-corrected chi connectivity index (χ4v) is 2.47. The van der Waals surface area contributed by atoms with Gasteiger partial charge in [-0.25, -0.2) is 4.98 Å². The minimum atomic E-state index is -0.246. The third-order valence-electron chi connectivity index (χ3n) is 3.50. The topological polar surface area (TPSA) is 74.2 Å². The van der Waals surface area contributed by atoms with Gasteiger partial charge in [0.15, 0.2) is 5.82 Å². The number of hydrogen-bond acceptors (Lipinski definition) is 3. The lowest BCUT2D eigenvalue weighted by atomic mass is 10.3. The van der Waals surface area contributed by atoms with Crippen LogP contribution in [0, 0.1) is 0 Å². The van der Waals surface area contributed by atoms with Gasteiger partial charge in [0.05, 0.1) is 16.6 Å². The average molecular weight is 291 g/mol. The monoisotopic (exact) mass is 291 g/mol. The number of aromatic amines is 1. The number of anilines is 1. The van der Waals surface area contributed by atoms with Gasteiger partial charge in [-0.1, -0.05) is 12.1 Å². The molecule has 108 valence electrons. The van der Waals surface area contributed by atoms with Crippen molar-refractivity contribution in [3.63, 3.8) is 0 Å². The number of H-pyrrole nitrogens is 1. The molecular formula is C16H13N5O. The van der Waals surface area contributed by atoms with E-state index in [0.717, 1.165) is 16.6 Å². The van der Waals surface area contributed by atoms with E-state index in [9.17, 15) is 4.79 Å². The third kappa shape index (κ3) is 1.98. The summed E-state index contributed by atoms with van der Waals surface area (Å²) in [6.07, 6.45) is 3.67. The Morgan fingerprint density at radius 2 is 1.91 bits per heavy atom. The van der Waals surface area contributed by atoms with Crippen LogP contribution in [-0.4, -0.2) is 20.3 Å². The van der Waals surface area contributed by atoms with Crippen LogP contribution >= 0.6 is 0 Å². The summed E-state index contributed by atoms with van der Waals surface area (Å²) in [6.45, 7) is 0. The summed E-state index contributed by atoms with van der Waals surface area (Å²) in [6, 6.07) is 15.2. The SMILES string of the molecule is O=C(NNc1nc2ccccc2n2cccc12)c1ccc[nH]1. The highest BCUT2D eigenvalue weighted by Crippen LogP contribution is 2.21. The van der Waals surface area contributed by atoms with E-state index in [0.29, 0.717) is 11.5 Å². The highest BCUT2D eigenvalue weighted by Gasteiger charge is 2.10. The number of rotatable bonds is 3. The summed E-state index contributed by atoms with van der Waals surface area (Å²) in [5, 5.41) is 0. The zero-order chi connectivity index (χ0) is 14.9. The van der Waals surface area contributed by atoms with Gasteiger partial charge in [-0.2, -0.15) is 0 Å². The summed E-state index contributed by atoms with van der Waals surface area (Å²) >= 11 is 0. The van der Waals surface area contributed by atoms with E-state index in [-0.39, 0.29) is 5.91 Å². The molecule has 0 saturated carbocycles. The van der Waals surface area contributed by atoms with Gasteiger partial charge < -0.3 is 9.38 Å². The lowest BCUT2D eigenvalue weighted by molar-refractivity contribution is 0.0958. The van der Waals surface area contributed by atoms with Crippen molar-refractivity contribution in [2.75, 3.05) is 5.43 Å². The van der Waals surface area contributed by atoms with Crippen molar-refractivity contribution in [1.82, 2.24) is 19.8 Å². The molecular weight excluding hydrogens is 278 g/mol. The number of amides is 1. The van der Waals surface area contributed by atoms with Crippen molar-refractivity contribution in [2.45, 2.75) is 0 Å². The van der Waals surface area contributed by atoms with Crippen molar-refractivity contribution in [1.29, 1.82) is 0 Å². The van der Waals surface area contributed by atoms with E-state index in [1.807, 2.05) is 47.0 Å². The first kappa shape index (κ1) is 12.5. The van der Waals surface area contributed by atoms with Gasteiger partial charge in [-0.15, -0.1) is 0 Å². The molecule has 0 radical (unpaired) electrons. The Bertz CT molecular complexity index is 955. The van der Waals surface area contributed by atoms with Gasteiger partial charge in [-0.05, 0) is 36.4 Å². The minimum absolute atomic E-state index is 0.246. The number of fused-ring (bicyclic) bond motifs is 3. The van der Waals surface area contributed by atoms with Gasteiger partial charge in [0.25, 0.3) is 5.91 Å². The quantitative estimate of drug-likeness (QED) is 0.508. The number of hydrogen-bond donors (Lipinski definition) is 3. The van der Waals surface area contributed by atoms with Crippen LogP contribution in [0.15, 0.2) is 60.9 Å². The molecule has 0 atom stereocenters. The van der Waals surface area contributed by atoms with Gasteiger partial charge in [0.1, 0.15) is 5.69 Å². The summed E-state index contributed by atoms with van der Waals surface area (Å²) < 4.78 is 2.03. The molecule has 4 rings (SSSR count). The second kappa shape index (κ2) is 4.92. The molecule has 0 unspecified atom stereocenters. The van der Waals surface area contributed by atoms with Crippen molar-refractivity contribution in [3.05, 3.63) is 66.6 Å². The number of aromatic nitrogens is 3. The molecule has 3 N–H and O–H groups in total. The molecule has 1 amide bonds. The van der Waals surface area contributed by atoms with E-state index >= 15 is 0 Å². The Hall–Kier alpha value is -3.28. The Balaban J connectivity index is 1.71. The fourth-order valence-electron chi connectivity index (χ4n) is 2.47. The lowest BCUT2D eigenvalue weighted by Gasteiger charge is -2.11. The first-order chi connectivity index (χ1) is 10.8. The molecule has 22 heavy (non-hydrogen) atoms. The summed E-state index contributed by atoms with van der Waals surface area (Å²) in [5.41, 5.74) is 8.80. The largest absolute Gasteiger partial charge is 0.357 e. The van der Waals surface area contributed by atoms with E-state index in [4.69, 9.17) is 0 Å². The molecule has 3 heterocycles. The number of nitrogens with zero attached hydrogens (tertiary/aromatic N) is 2. The van der Waals surface area contributed by atoms with Crippen LogP contribution in [0.2, 0.25) is 0 Å². The first-order valence-electron chi connectivity index (χ1n) is 6.88. The lowest BCUT2D eigenvalue weighted by Crippen LogP contribution is -2.30. The Morgan fingerprint density at radius 3 is 2.77 bits per heavy atom. The van der Waals surface area contributed by atoms with Crippen molar-refractivity contribution >= 4 is 28.3 Å². The zero-order valence-electron chi connectivity index (χ0n) is 11.6. The third-order valence-corrected chi connectivity index (χ3v) is 3.50. The number of hydrazine groups is 1. The maximum atomic E-state index is 12.0. The smallest absolute Gasteiger partial charge is 0.286 e. The molecule has 6 nitrogen and oxygen atoms in total. The second-order valence-electron chi connectivity index (χ2n) is 4.88. The van der Waals surface area contributed by atoms with Crippen LogP contribution in [0.1, 0.15) is 10.5 Å².